The van der Waals surface area contributed by atoms with Gasteiger partial charge in [-0.05, 0) is 54.8 Å². The molecular weight excluding hydrogens is 282 g/mol. The molecule has 0 radical (unpaired) electrons. The summed E-state index contributed by atoms with van der Waals surface area (Å²) in [5, 5.41) is 12.5. The van der Waals surface area contributed by atoms with Crippen LogP contribution in [0.5, 0.6) is 5.75 Å². The van der Waals surface area contributed by atoms with Gasteiger partial charge < -0.3 is 10.4 Å². The number of phenolic OH excluding ortho intramolecular Hbond substituents is 1. The van der Waals surface area contributed by atoms with Crippen molar-refractivity contribution in [3.8, 4) is 16.2 Å². The predicted molar refractivity (Wildman–Crippen MR) is 85.8 cm³/mol. The van der Waals surface area contributed by atoms with Crippen LogP contribution in [-0.4, -0.2) is 17.1 Å². The van der Waals surface area contributed by atoms with E-state index in [1.54, 1.807) is 12.1 Å². The molecule has 1 heterocycles. The number of hydrogen-bond donors (Lipinski definition) is 2. The molecule has 1 fully saturated rings. The lowest BCUT2D eigenvalue weighted by Crippen LogP contribution is -2.35. The van der Waals surface area contributed by atoms with E-state index < -0.39 is 0 Å². The summed E-state index contributed by atoms with van der Waals surface area (Å²) in [4.78, 5) is 14.1. The van der Waals surface area contributed by atoms with E-state index in [1.165, 1.54) is 30.6 Å². The second kappa shape index (κ2) is 6.31. The zero-order valence-electron chi connectivity index (χ0n) is 11.8. The summed E-state index contributed by atoms with van der Waals surface area (Å²) in [6, 6.07) is 11.2. The van der Waals surface area contributed by atoms with E-state index in [2.05, 4.69) is 5.32 Å². The molecule has 110 valence electrons. The lowest BCUT2D eigenvalue weighted by Gasteiger charge is -2.22. The molecule has 3 nitrogen and oxygen atoms in total. The van der Waals surface area contributed by atoms with Gasteiger partial charge in [0.1, 0.15) is 5.75 Å². The summed E-state index contributed by atoms with van der Waals surface area (Å²) < 4.78 is 0. The van der Waals surface area contributed by atoms with E-state index >= 15 is 0 Å². The van der Waals surface area contributed by atoms with Crippen molar-refractivity contribution >= 4 is 17.2 Å². The lowest BCUT2D eigenvalue weighted by molar-refractivity contribution is 0.0932. The van der Waals surface area contributed by atoms with Crippen LogP contribution >= 0.6 is 11.3 Å². The Labute approximate surface area is 128 Å². The smallest absolute Gasteiger partial charge is 0.261 e. The molecule has 0 saturated heterocycles. The highest BCUT2D eigenvalue weighted by Gasteiger charge is 2.17. The quantitative estimate of drug-likeness (QED) is 0.893. The minimum absolute atomic E-state index is 0.0388. The van der Waals surface area contributed by atoms with Crippen LogP contribution in [0.3, 0.4) is 0 Å². The first-order valence-electron chi connectivity index (χ1n) is 7.42. The number of phenols is 1. The van der Waals surface area contributed by atoms with E-state index in [4.69, 9.17) is 0 Å². The molecule has 2 aromatic rings. The Morgan fingerprint density at radius 1 is 1.05 bits per heavy atom. The molecule has 0 aliphatic heterocycles. The molecular formula is C17H19NO2S. The first-order chi connectivity index (χ1) is 10.2. The molecule has 1 amide bonds. The Morgan fingerprint density at radius 3 is 2.48 bits per heavy atom. The van der Waals surface area contributed by atoms with Crippen molar-refractivity contribution in [3.05, 3.63) is 41.3 Å². The fourth-order valence-corrected chi connectivity index (χ4v) is 3.66. The molecule has 4 heteroatoms. The molecule has 0 spiro atoms. The van der Waals surface area contributed by atoms with E-state index in [9.17, 15) is 9.90 Å². The second-order valence-electron chi connectivity index (χ2n) is 5.52. The summed E-state index contributed by atoms with van der Waals surface area (Å²) in [5.74, 6) is 0.294. The average molecular weight is 301 g/mol. The minimum atomic E-state index is 0.0388. The van der Waals surface area contributed by atoms with Gasteiger partial charge in [0.15, 0.2) is 0 Å². The van der Waals surface area contributed by atoms with Crippen LogP contribution < -0.4 is 5.32 Å². The zero-order valence-corrected chi connectivity index (χ0v) is 12.7. The third-order valence-electron chi connectivity index (χ3n) is 3.92. The number of thiophene rings is 1. The van der Waals surface area contributed by atoms with Gasteiger partial charge in [0, 0.05) is 10.9 Å². The molecule has 0 atom stereocenters. The second-order valence-corrected chi connectivity index (χ2v) is 6.60. The maximum Gasteiger partial charge on any atom is 0.261 e. The van der Waals surface area contributed by atoms with Gasteiger partial charge in [-0.3, -0.25) is 4.79 Å². The Morgan fingerprint density at radius 2 is 1.76 bits per heavy atom. The summed E-state index contributed by atoms with van der Waals surface area (Å²) in [6.07, 6.45) is 5.92. The topological polar surface area (TPSA) is 49.3 Å². The Kier molecular flexibility index (Phi) is 4.25. The molecule has 3 rings (SSSR count). The van der Waals surface area contributed by atoms with Crippen molar-refractivity contribution in [2.45, 2.75) is 38.1 Å². The number of rotatable bonds is 3. The molecule has 2 N–H and O–H groups in total. The highest BCUT2D eigenvalue weighted by molar-refractivity contribution is 7.17. The standard InChI is InChI=1S/C17H19NO2S/c19-14-8-6-12(7-9-14)15-10-11-16(21-15)17(20)18-13-4-2-1-3-5-13/h6-11,13,19H,1-5H2,(H,18,20). The summed E-state index contributed by atoms with van der Waals surface area (Å²) >= 11 is 1.49. The Balaban J connectivity index is 1.69. The third-order valence-corrected chi connectivity index (χ3v) is 5.06. The van der Waals surface area contributed by atoms with Crippen molar-refractivity contribution in [1.82, 2.24) is 5.32 Å². The van der Waals surface area contributed by atoms with Crippen molar-refractivity contribution in [1.29, 1.82) is 0 Å². The molecule has 1 aliphatic rings. The third kappa shape index (κ3) is 3.45. The number of nitrogens with one attached hydrogen (secondary N) is 1. The SMILES string of the molecule is O=C(NC1CCCCC1)c1ccc(-c2ccc(O)cc2)s1. The first kappa shape index (κ1) is 14.1. The normalized spacial score (nSPS) is 15.8. The Hall–Kier alpha value is -1.81. The van der Waals surface area contributed by atoms with Gasteiger partial charge in [-0.15, -0.1) is 11.3 Å². The maximum atomic E-state index is 12.3. The van der Waals surface area contributed by atoms with Crippen molar-refractivity contribution in [2.75, 3.05) is 0 Å². The minimum Gasteiger partial charge on any atom is -0.508 e. The van der Waals surface area contributed by atoms with Crippen LogP contribution in [0.1, 0.15) is 41.8 Å². The zero-order chi connectivity index (χ0) is 14.7. The average Bonchev–Trinajstić information content (AvgIpc) is 2.99. The van der Waals surface area contributed by atoms with Gasteiger partial charge in [0.05, 0.1) is 4.88 Å². The Bertz CT molecular complexity index is 612. The van der Waals surface area contributed by atoms with Crippen molar-refractivity contribution < 1.29 is 9.90 Å². The van der Waals surface area contributed by atoms with Gasteiger partial charge in [-0.1, -0.05) is 19.3 Å². The number of amides is 1. The predicted octanol–water partition coefficient (Wildman–Crippen LogP) is 4.18. The van der Waals surface area contributed by atoms with Crippen molar-refractivity contribution in [3.63, 3.8) is 0 Å². The highest BCUT2D eigenvalue weighted by atomic mass is 32.1. The number of carbonyl (C=O) groups excluding carboxylic acids is 1. The fraction of sp³-hybridized carbons (Fsp3) is 0.353. The lowest BCUT2D eigenvalue weighted by atomic mass is 9.95. The molecule has 0 bridgehead atoms. The monoisotopic (exact) mass is 301 g/mol. The van der Waals surface area contributed by atoms with Crippen LogP contribution in [-0.2, 0) is 0 Å². The van der Waals surface area contributed by atoms with Crippen LogP contribution in [0, 0.1) is 0 Å². The summed E-state index contributed by atoms with van der Waals surface area (Å²) in [7, 11) is 0. The van der Waals surface area contributed by atoms with Gasteiger partial charge >= 0.3 is 0 Å². The molecule has 1 aliphatic carbocycles. The largest absolute Gasteiger partial charge is 0.508 e. The summed E-state index contributed by atoms with van der Waals surface area (Å²) in [5.41, 5.74) is 1.02. The number of benzene rings is 1. The number of hydrogen-bond acceptors (Lipinski definition) is 3. The number of carbonyl (C=O) groups is 1. The van der Waals surface area contributed by atoms with Gasteiger partial charge in [0.25, 0.3) is 5.91 Å². The van der Waals surface area contributed by atoms with Crippen LogP contribution in [0.2, 0.25) is 0 Å². The van der Waals surface area contributed by atoms with Gasteiger partial charge in [-0.25, -0.2) is 0 Å². The van der Waals surface area contributed by atoms with E-state index in [-0.39, 0.29) is 11.7 Å². The van der Waals surface area contributed by atoms with Crippen LogP contribution in [0.25, 0.3) is 10.4 Å². The molecule has 21 heavy (non-hydrogen) atoms. The summed E-state index contributed by atoms with van der Waals surface area (Å²) in [6.45, 7) is 0. The van der Waals surface area contributed by atoms with E-state index in [1.807, 2.05) is 24.3 Å². The highest BCUT2D eigenvalue weighted by Crippen LogP contribution is 2.29. The van der Waals surface area contributed by atoms with Gasteiger partial charge in [0.2, 0.25) is 0 Å². The van der Waals surface area contributed by atoms with Crippen LogP contribution in [0.4, 0.5) is 0 Å². The number of aromatic hydroxyl groups is 1. The first-order valence-corrected chi connectivity index (χ1v) is 8.24. The van der Waals surface area contributed by atoms with E-state index in [0.29, 0.717) is 6.04 Å². The van der Waals surface area contributed by atoms with Crippen molar-refractivity contribution in [2.24, 2.45) is 0 Å². The van der Waals surface area contributed by atoms with Gasteiger partial charge in [-0.2, -0.15) is 0 Å². The fourth-order valence-electron chi connectivity index (χ4n) is 2.74. The molecule has 0 unspecified atom stereocenters. The van der Waals surface area contributed by atoms with Crippen LogP contribution in [0.15, 0.2) is 36.4 Å². The molecule has 1 aromatic carbocycles. The maximum absolute atomic E-state index is 12.3. The molecule has 1 saturated carbocycles. The molecule has 1 aromatic heterocycles. The van der Waals surface area contributed by atoms with E-state index in [0.717, 1.165) is 28.2 Å².